The van der Waals surface area contributed by atoms with Gasteiger partial charge in [0.15, 0.2) is 0 Å². The first kappa shape index (κ1) is 29.5. The fourth-order valence-corrected chi connectivity index (χ4v) is 6.06. The minimum atomic E-state index is -4.16. The number of sulfonamides is 1. The highest BCUT2D eigenvalue weighted by Gasteiger charge is 2.29. The minimum absolute atomic E-state index is 0.00284. The summed E-state index contributed by atoms with van der Waals surface area (Å²) in [5.74, 6) is -0.439. The number of anilines is 1. The van der Waals surface area contributed by atoms with Crippen LogP contribution in [0.25, 0.3) is 5.69 Å². The molecular formula is C28H25Cl3N4O4S. The third kappa shape index (κ3) is 6.28. The van der Waals surface area contributed by atoms with E-state index in [0.29, 0.717) is 10.0 Å². The van der Waals surface area contributed by atoms with Crippen molar-refractivity contribution in [1.29, 1.82) is 0 Å². The van der Waals surface area contributed by atoms with Gasteiger partial charge in [0, 0.05) is 27.7 Å². The summed E-state index contributed by atoms with van der Waals surface area (Å²) < 4.78 is 35.5. The fraction of sp³-hybridized carbons (Fsp3) is 0.143. The third-order valence-electron chi connectivity index (χ3n) is 6.05. The average Bonchev–Trinajstić information content (AvgIpc) is 3.21. The predicted molar refractivity (Wildman–Crippen MR) is 160 cm³/mol. The van der Waals surface area contributed by atoms with Crippen LogP contribution in [0.3, 0.4) is 0 Å². The van der Waals surface area contributed by atoms with E-state index >= 15 is 0 Å². The van der Waals surface area contributed by atoms with Gasteiger partial charge in [0.05, 0.1) is 34.0 Å². The first-order valence-corrected chi connectivity index (χ1v) is 14.5. The van der Waals surface area contributed by atoms with E-state index < -0.39 is 22.5 Å². The summed E-state index contributed by atoms with van der Waals surface area (Å²) in [4.78, 5) is 13.0. The monoisotopic (exact) mass is 618 g/mol. The van der Waals surface area contributed by atoms with Gasteiger partial charge in [0.1, 0.15) is 12.3 Å². The summed E-state index contributed by atoms with van der Waals surface area (Å²) in [5.41, 5.74) is 5.87. The Morgan fingerprint density at radius 3 is 2.40 bits per heavy atom. The van der Waals surface area contributed by atoms with Gasteiger partial charge in [-0.1, -0.05) is 53.0 Å². The number of halogens is 3. The van der Waals surface area contributed by atoms with Gasteiger partial charge in [-0.25, -0.2) is 13.8 Å². The average molecular weight is 620 g/mol. The molecule has 0 aliphatic rings. The number of hydrogen-bond donors (Lipinski definition) is 1. The Morgan fingerprint density at radius 2 is 1.73 bits per heavy atom. The van der Waals surface area contributed by atoms with Crippen molar-refractivity contribution in [3.63, 3.8) is 0 Å². The van der Waals surface area contributed by atoms with E-state index in [2.05, 4.69) is 10.5 Å². The van der Waals surface area contributed by atoms with Gasteiger partial charge < -0.3 is 9.30 Å². The molecule has 208 valence electrons. The van der Waals surface area contributed by atoms with Crippen LogP contribution in [0.15, 0.2) is 82.8 Å². The Balaban J connectivity index is 1.59. The Hall–Kier alpha value is -3.50. The zero-order chi connectivity index (χ0) is 29.0. The number of aromatic nitrogens is 1. The molecule has 8 nitrogen and oxygen atoms in total. The maximum Gasteiger partial charge on any atom is 0.264 e. The van der Waals surface area contributed by atoms with Crippen molar-refractivity contribution in [2.45, 2.75) is 18.7 Å². The van der Waals surface area contributed by atoms with Crippen molar-refractivity contribution in [1.82, 2.24) is 9.99 Å². The van der Waals surface area contributed by atoms with Crippen LogP contribution >= 0.6 is 34.8 Å². The van der Waals surface area contributed by atoms with Crippen LogP contribution < -0.4 is 14.5 Å². The molecule has 1 heterocycles. The van der Waals surface area contributed by atoms with Crippen LogP contribution in [0.1, 0.15) is 17.0 Å². The van der Waals surface area contributed by atoms with Crippen molar-refractivity contribution >= 4 is 62.6 Å². The van der Waals surface area contributed by atoms with Gasteiger partial charge in [-0.2, -0.15) is 5.10 Å². The van der Waals surface area contributed by atoms with Crippen LogP contribution in [-0.2, 0) is 14.8 Å². The highest BCUT2D eigenvalue weighted by molar-refractivity contribution is 7.92. The van der Waals surface area contributed by atoms with E-state index in [1.54, 1.807) is 36.4 Å². The number of methoxy groups -OCH3 is 1. The van der Waals surface area contributed by atoms with Gasteiger partial charge in [0.25, 0.3) is 15.9 Å². The lowest BCUT2D eigenvalue weighted by Gasteiger charge is -2.25. The molecule has 4 rings (SSSR count). The maximum absolute atomic E-state index is 13.6. The van der Waals surface area contributed by atoms with Crippen molar-refractivity contribution in [2.24, 2.45) is 5.10 Å². The largest absolute Gasteiger partial charge is 0.495 e. The number of benzene rings is 3. The molecule has 1 amide bonds. The molecular weight excluding hydrogens is 595 g/mol. The van der Waals surface area contributed by atoms with Gasteiger partial charge in [-0.05, 0) is 68.4 Å². The Labute approximate surface area is 247 Å². The molecule has 40 heavy (non-hydrogen) atoms. The molecule has 0 fully saturated rings. The molecule has 0 saturated carbocycles. The molecule has 0 aliphatic carbocycles. The van der Waals surface area contributed by atoms with Crippen LogP contribution in [0.4, 0.5) is 5.69 Å². The Kier molecular flexibility index (Phi) is 9.10. The van der Waals surface area contributed by atoms with Gasteiger partial charge >= 0.3 is 0 Å². The molecule has 1 N–H and O–H groups in total. The fourth-order valence-electron chi connectivity index (χ4n) is 4.16. The highest BCUT2D eigenvalue weighted by atomic mass is 35.5. The van der Waals surface area contributed by atoms with Crippen molar-refractivity contribution in [2.75, 3.05) is 18.0 Å². The molecule has 12 heteroatoms. The van der Waals surface area contributed by atoms with E-state index in [0.717, 1.165) is 26.9 Å². The number of carbonyl (C=O) groups excluding carboxylic acids is 1. The summed E-state index contributed by atoms with van der Waals surface area (Å²) in [7, 11) is -2.76. The number of amides is 1. The van der Waals surface area contributed by atoms with E-state index in [4.69, 9.17) is 39.5 Å². The molecule has 3 aromatic carbocycles. The molecule has 0 atom stereocenters. The molecule has 0 spiro atoms. The van der Waals surface area contributed by atoms with Crippen LogP contribution in [0.5, 0.6) is 5.75 Å². The van der Waals surface area contributed by atoms with Gasteiger partial charge in [0.2, 0.25) is 0 Å². The van der Waals surface area contributed by atoms with Crippen LogP contribution in [0, 0.1) is 13.8 Å². The van der Waals surface area contributed by atoms with E-state index in [-0.39, 0.29) is 21.4 Å². The number of ether oxygens (including phenoxy) is 1. The number of hydrogen-bond acceptors (Lipinski definition) is 5. The summed E-state index contributed by atoms with van der Waals surface area (Å²) in [5, 5.41) is 5.24. The number of hydrazone groups is 1. The second kappa shape index (κ2) is 12.3. The molecule has 0 aliphatic heterocycles. The van der Waals surface area contributed by atoms with Crippen LogP contribution in [-0.4, -0.2) is 38.8 Å². The lowest BCUT2D eigenvalue weighted by atomic mass is 10.2. The normalized spacial score (nSPS) is 11.6. The quantitative estimate of drug-likeness (QED) is 0.173. The molecule has 0 radical (unpaired) electrons. The number of carbonyl (C=O) groups is 1. The summed E-state index contributed by atoms with van der Waals surface area (Å²) >= 11 is 18.4. The van der Waals surface area contributed by atoms with E-state index in [1.807, 2.05) is 30.5 Å². The highest BCUT2D eigenvalue weighted by Crippen LogP contribution is 2.34. The second-order valence-electron chi connectivity index (χ2n) is 8.69. The Morgan fingerprint density at radius 1 is 1.00 bits per heavy atom. The first-order valence-electron chi connectivity index (χ1n) is 11.9. The molecule has 0 saturated heterocycles. The standard InChI is InChI=1S/C28H25Cl3N4O4S/c1-18-13-20(19(2)35(18)22-10-11-24(30)25(31)15-22)16-32-33-28(36)17-34(26-14-21(29)9-12-27(26)39-3)40(37,38)23-7-5-4-6-8-23/h4-16H,17H2,1-3H3,(H,33,36)/b32-16+. The SMILES string of the molecule is COc1ccc(Cl)cc1N(CC(=O)N/N=C/c1cc(C)n(-c2ccc(Cl)c(Cl)c2)c1C)S(=O)(=O)c1ccccc1. The zero-order valence-corrected chi connectivity index (χ0v) is 24.8. The zero-order valence-electron chi connectivity index (χ0n) is 21.7. The molecule has 1 aromatic heterocycles. The Bertz CT molecular complexity index is 1690. The topological polar surface area (TPSA) is 93.0 Å². The van der Waals surface area contributed by atoms with E-state index in [1.165, 1.54) is 37.6 Å². The van der Waals surface area contributed by atoms with Gasteiger partial charge in [-0.15, -0.1) is 0 Å². The molecule has 0 unspecified atom stereocenters. The predicted octanol–water partition coefficient (Wildman–Crippen LogP) is 6.41. The maximum atomic E-state index is 13.6. The lowest BCUT2D eigenvalue weighted by molar-refractivity contribution is -0.119. The van der Waals surface area contributed by atoms with Crippen molar-refractivity contribution in [3.8, 4) is 11.4 Å². The summed E-state index contributed by atoms with van der Waals surface area (Å²) in [6.07, 6.45) is 1.49. The number of aryl methyl sites for hydroxylation is 1. The number of nitrogens with one attached hydrogen (secondary N) is 1. The first-order chi connectivity index (χ1) is 19.0. The summed E-state index contributed by atoms with van der Waals surface area (Å²) in [6.45, 7) is 3.25. The minimum Gasteiger partial charge on any atom is -0.495 e. The third-order valence-corrected chi connectivity index (χ3v) is 8.80. The lowest BCUT2D eigenvalue weighted by Crippen LogP contribution is -2.39. The smallest absolute Gasteiger partial charge is 0.264 e. The summed E-state index contributed by atoms with van der Waals surface area (Å²) in [6, 6.07) is 19.5. The number of rotatable bonds is 9. The van der Waals surface area contributed by atoms with Gasteiger partial charge in [-0.3, -0.25) is 9.10 Å². The van der Waals surface area contributed by atoms with Crippen molar-refractivity contribution < 1.29 is 17.9 Å². The van der Waals surface area contributed by atoms with E-state index in [9.17, 15) is 13.2 Å². The number of nitrogens with zero attached hydrogens (tertiary/aromatic N) is 3. The van der Waals surface area contributed by atoms with Crippen LogP contribution in [0.2, 0.25) is 15.1 Å². The van der Waals surface area contributed by atoms with Crippen molar-refractivity contribution in [3.05, 3.63) is 105 Å². The molecule has 0 bridgehead atoms. The second-order valence-corrected chi connectivity index (χ2v) is 11.8. The molecule has 4 aromatic rings.